The van der Waals surface area contributed by atoms with Crippen molar-refractivity contribution in [2.45, 2.75) is 0 Å². The van der Waals surface area contributed by atoms with Crippen molar-refractivity contribution in [2.24, 2.45) is 0 Å². The summed E-state index contributed by atoms with van der Waals surface area (Å²) in [7, 11) is 0. The van der Waals surface area contributed by atoms with Crippen molar-refractivity contribution in [2.75, 3.05) is 0 Å². The molecule has 1 aromatic heterocycles. The van der Waals surface area contributed by atoms with Gasteiger partial charge in [0.05, 0.1) is 16.0 Å². The summed E-state index contributed by atoms with van der Waals surface area (Å²) in [6.07, 6.45) is 0. The van der Waals surface area contributed by atoms with Gasteiger partial charge in [0.2, 0.25) is 0 Å². The summed E-state index contributed by atoms with van der Waals surface area (Å²) in [5.74, 6) is 0. The van der Waals surface area contributed by atoms with Gasteiger partial charge >= 0.3 is 0 Å². The first kappa shape index (κ1) is 16.3. The average molecular weight is 364 g/mol. The van der Waals surface area contributed by atoms with Gasteiger partial charge in [0.1, 0.15) is 0 Å². The molecule has 0 aliphatic carbocycles. The lowest BCUT2D eigenvalue weighted by Crippen LogP contribution is -1.95. The van der Waals surface area contributed by atoms with E-state index in [0.29, 0.717) is 5.56 Å². The predicted molar refractivity (Wildman–Crippen MR) is 113 cm³/mol. The topological polar surface area (TPSA) is 58.9 Å². The van der Waals surface area contributed by atoms with E-state index in [4.69, 9.17) is 0 Å². The number of nitro groups is 1. The smallest absolute Gasteiger partial charge is 0.279 e. The van der Waals surface area contributed by atoms with Crippen molar-refractivity contribution in [3.05, 3.63) is 101 Å². The van der Waals surface area contributed by atoms with Gasteiger partial charge in [-0.05, 0) is 22.8 Å². The molecule has 5 aromatic rings. The zero-order chi connectivity index (χ0) is 19.1. The quantitative estimate of drug-likeness (QED) is 0.291. The van der Waals surface area contributed by atoms with Crippen molar-refractivity contribution in [1.82, 2.24) is 4.98 Å². The number of aromatic nitrogens is 1. The number of rotatable bonds is 3. The maximum Gasteiger partial charge on any atom is 0.279 e. The first-order valence-electron chi connectivity index (χ1n) is 9.06. The third-order valence-corrected chi connectivity index (χ3v) is 5.11. The maximum atomic E-state index is 12.0. The van der Waals surface area contributed by atoms with Crippen LogP contribution in [0, 0.1) is 10.1 Å². The van der Waals surface area contributed by atoms with Gasteiger partial charge < -0.3 is 4.98 Å². The van der Waals surface area contributed by atoms with Crippen LogP contribution in [0.5, 0.6) is 0 Å². The summed E-state index contributed by atoms with van der Waals surface area (Å²) >= 11 is 0. The highest BCUT2D eigenvalue weighted by Crippen LogP contribution is 2.44. The Labute approximate surface area is 161 Å². The lowest BCUT2D eigenvalue weighted by atomic mass is 9.93. The monoisotopic (exact) mass is 364 g/mol. The van der Waals surface area contributed by atoms with Crippen LogP contribution in [0.3, 0.4) is 0 Å². The van der Waals surface area contributed by atoms with Crippen molar-refractivity contribution >= 4 is 27.5 Å². The van der Waals surface area contributed by atoms with Crippen LogP contribution in [-0.4, -0.2) is 9.91 Å². The van der Waals surface area contributed by atoms with E-state index < -0.39 is 0 Å². The van der Waals surface area contributed by atoms with Gasteiger partial charge in [-0.3, -0.25) is 10.1 Å². The van der Waals surface area contributed by atoms with Gasteiger partial charge in [0.15, 0.2) is 0 Å². The molecule has 0 aliphatic rings. The van der Waals surface area contributed by atoms with Gasteiger partial charge in [0.25, 0.3) is 5.69 Å². The van der Waals surface area contributed by atoms with Crippen LogP contribution in [0.15, 0.2) is 91.0 Å². The van der Waals surface area contributed by atoms with E-state index in [1.165, 1.54) is 0 Å². The third-order valence-electron chi connectivity index (χ3n) is 5.11. The molecule has 0 amide bonds. The number of nitrogens with zero attached hydrogens (tertiary/aromatic N) is 1. The molecule has 0 fully saturated rings. The summed E-state index contributed by atoms with van der Waals surface area (Å²) in [5.41, 5.74) is 5.12. The molecule has 0 aliphatic heterocycles. The summed E-state index contributed by atoms with van der Waals surface area (Å²) in [6, 6.07) is 29.1. The second-order valence-electron chi connectivity index (χ2n) is 6.73. The van der Waals surface area contributed by atoms with E-state index in [1.54, 1.807) is 6.07 Å². The van der Waals surface area contributed by atoms with E-state index in [1.807, 2.05) is 78.9 Å². The summed E-state index contributed by atoms with van der Waals surface area (Å²) < 4.78 is 0. The van der Waals surface area contributed by atoms with Gasteiger partial charge in [-0.1, -0.05) is 78.9 Å². The van der Waals surface area contributed by atoms with Gasteiger partial charge in [-0.2, -0.15) is 0 Å². The van der Waals surface area contributed by atoms with Crippen LogP contribution in [0.2, 0.25) is 0 Å². The molecule has 0 atom stereocenters. The summed E-state index contributed by atoms with van der Waals surface area (Å²) in [6.45, 7) is 0. The zero-order valence-corrected chi connectivity index (χ0v) is 14.9. The molecule has 28 heavy (non-hydrogen) atoms. The highest BCUT2D eigenvalue weighted by Gasteiger charge is 2.24. The molecule has 0 bridgehead atoms. The highest BCUT2D eigenvalue weighted by molar-refractivity contribution is 6.19. The molecule has 4 heteroatoms. The minimum absolute atomic E-state index is 0.101. The van der Waals surface area contributed by atoms with Gasteiger partial charge in [-0.25, -0.2) is 0 Å². The Kier molecular flexibility index (Phi) is 3.69. The van der Waals surface area contributed by atoms with Crippen LogP contribution < -0.4 is 0 Å². The average Bonchev–Trinajstić information content (AvgIpc) is 3.13. The first-order chi connectivity index (χ1) is 13.7. The van der Waals surface area contributed by atoms with Gasteiger partial charge in [-0.15, -0.1) is 0 Å². The van der Waals surface area contributed by atoms with Crippen LogP contribution in [0.4, 0.5) is 5.69 Å². The number of H-pyrrole nitrogens is 1. The van der Waals surface area contributed by atoms with Crippen LogP contribution in [0.25, 0.3) is 44.1 Å². The van der Waals surface area contributed by atoms with Gasteiger partial charge in [0, 0.05) is 22.4 Å². The highest BCUT2D eigenvalue weighted by atomic mass is 16.6. The van der Waals surface area contributed by atoms with E-state index in [2.05, 4.69) is 11.1 Å². The van der Waals surface area contributed by atoms with Crippen LogP contribution in [-0.2, 0) is 0 Å². The van der Waals surface area contributed by atoms with Crippen LogP contribution >= 0.6 is 0 Å². The van der Waals surface area contributed by atoms with Crippen molar-refractivity contribution < 1.29 is 4.92 Å². The van der Waals surface area contributed by atoms with Crippen molar-refractivity contribution in [3.63, 3.8) is 0 Å². The Hall–Kier alpha value is -3.92. The molecular formula is C24H16N2O2. The molecular weight excluding hydrogens is 348 g/mol. The molecule has 0 saturated carbocycles. The first-order valence-corrected chi connectivity index (χ1v) is 9.06. The fourth-order valence-corrected chi connectivity index (χ4v) is 3.90. The van der Waals surface area contributed by atoms with Crippen molar-refractivity contribution in [1.29, 1.82) is 0 Å². The Morgan fingerprint density at radius 3 is 2.04 bits per heavy atom. The predicted octanol–water partition coefficient (Wildman–Crippen LogP) is 6.56. The molecule has 4 aromatic carbocycles. The molecule has 5 rings (SSSR count). The SMILES string of the molecule is O=[N+]([O-])c1cc(-c2ccccc2)c2c([nH]c3ccccc32)c1-c1ccccc1. The maximum absolute atomic E-state index is 12.0. The molecule has 0 radical (unpaired) electrons. The Morgan fingerprint density at radius 2 is 1.36 bits per heavy atom. The molecule has 134 valence electrons. The van der Waals surface area contributed by atoms with E-state index in [-0.39, 0.29) is 10.6 Å². The number of aromatic amines is 1. The largest absolute Gasteiger partial charge is 0.354 e. The summed E-state index contributed by atoms with van der Waals surface area (Å²) in [4.78, 5) is 15.2. The minimum atomic E-state index is -0.292. The zero-order valence-electron chi connectivity index (χ0n) is 14.9. The number of para-hydroxylation sites is 1. The van der Waals surface area contributed by atoms with E-state index >= 15 is 0 Å². The second-order valence-corrected chi connectivity index (χ2v) is 6.73. The van der Waals surface area contributed by atoms with Crippen molar-refractivity contribution in [3.8, 4) is 22.3 Å². The summed E-state index contributed by atoms with van der Waals surface area (Å²) in [5, 5.41) is 14.1. The Balaban J connectivity index is 2.01. The van der Waals surface area contributed by atoms with E-state index in [9.17, 15) is 10.1 Å². The Bertz CT molecular complexity index is 1320. The number of nitro benzene ring substituents is 1. The minimum Gasteiger partial charge on any atom is -0.354 e. The fourth-order valence-electron chi connectivity index (χ4n) is 3.90. The normalized spacial score (nSPS) is 11.1. The number of hydrogen-bond acceptors (Lipinski definition) is 2. The lowest BCUT2D eigenvalue weighted by molar-refractivity contribution is -0.384. The molecule has 4 nitrogen and oxygen atoms in total. The van der Waals surface area contributed by atoms with Crippen LogP contribution in [0.1, 0.15) is 0 Å². The second kappa shape index (κ2) is 6.35. The lowest BCUT2D eigenvalue weighted by Gasteiger charge is -2.10. The number of nitrogens with one attached hydrogen (secondary N) is 1. The molecule has 1 N–H and O–H groups in total. The number of benzene rings is 4. The fraction of sp³-hybridized carbons (Fsp3) is 0. The van der Waals surface area contributed by atoms with E-state index in [0.717, 1.165) is 38.5 Å². The number of hydrogen-bond donors (Lipinski definition) is 1. The number of fused-ring (bicyclic) bond motifs is 3. The Morgan fingerprint density at radius 1 is 0.750 bits per heavy atom. The molecule has 1 heterocycles. The molecule has 0 spiro atoms. The third kappa shape index (κ3) is 2.47. The molecule has 0 saturated heterocycles. The molecule has 0 unspecified atom stereocenters. The standard InChI is InChI=1S/C24H16N2O2/c27-26(28)21-15-19(16-9-3-1-4-10-16)23-18-13-7-8-14-20(18)25-24(23)22(21)17-11-5-2-6-12-17/h1-15,25H.